The Morgan fingerprint density at radius 1 is 1.50 bits per heavy atom. The SMILES string of the molecule is CCc1onc(C)c1NC[C@@H]1CC=CCC1. The summed E-state index contributed by atoms with van der Waals surface area (Å²) >= 11 is 0. The summed E-state index contributed by atoms with van der Waals surface area (Å²) in [5.74, 6) is 1.73. The molecule has 1 atom stereocenters. The van der Waals surface area contributed by atoms with Gasteiger partial charge in [0.2, 0.25) is 0 Å². The van der Waals surface area contributed by atoms with Crippen molar-refractivity contribution in [2.75, 3.05) is 11.9 Å². The number of nitrogens with one attached hydrogen (secondary N) is 1. The van der Waals surface area contributed by atoms with Gasteiger partial charge in [-0.05, 0) is 32.1 Å². The first-order valence-electron chi connectivity index (χ1n) is 6.15. The molecule has 3 nitrogen and oxygen atoms in total. The van der Waals surface area contributed by atoms with Crippen LogP contribution in [0.1, 0.15) is 37.6 Å². The molecule has 0 aliphatic heterocycles. The first-order chi connectivity index (χ1) is 7.81. The highest BCUT2D eigenvalue weighted by atomic mass is 16.5. The molecule has 1 aromatic heterocycles. The van der Waals surface area contributed by atoms with Gasteiger partial charge in [0.25, 0.3) is 0 Å². The smallest absolute Gasteiger partial charge is 0.159 e. The zero-order valence-corrected chi connectivity index (χ0v) is 10.1. The van der Waals surface area contributed by atoms with Crippen LogP contribution in [0.2, 0.25) is 0 Å². The van der Waals surface area contributed by atoms with E-state index in [-0.39, 0.29) is 0 Å². The monoisotopic (exact) mass is 220 g/mol. The summed E-state index contributed by atoms with van der Waals surface area (Å²) in [6.07, 6.45) is 9.16. The van der Waals surface area contributed by atoms with Gasteiger partial charge in [0.15, 0.2) is 5.76 Å². The Morgan fingerprint density at radius 3 is 3.06 bits per heavy atom. The molecule has 1 aromatic rings. The minimum Gasteiger partial charge on any atom is -0.380 e. The quantitative estimate of drug-likeness (QED) is 0.791. The zero-order chi connectivity index (χ0) is 11.4. The third-order valence-corrected chi connectivity index (χ3v) is 3.20. The van der Waals surface area contributed by atoms with Crippen molar-refractivity contribution < 1.29 is 4.52 Å². The van der Waals surface area contributed by atoms with Crippen LogP contribution >= 0.6 is 0 Å². The fraction of sp³-hybridized carbons (Fsp3) is 0.615. The van der Waals surface area contributed by atoms with Crippen LogP contribution in [0.3, 0.4) is 0 Å². The Bertz CT molecular complexity index is 368. The summed E-state index contributed by atoms with van der Waals surface area (Å²) in [5.41, 5.74) is 2.08. The van der Waals surface area contributed by atoms with Crippen LogP contribution in [0.15, 0.2) is 16.7 Å². The molecule has 2 rings (SSSR count). The Balaban J connectivity index is 1.93. The van der Waals surface area contributed by atoms with E-state index in [1.54, 1.807) is 0 Å². The van der Waals surface area contributed by atoms with Gasteiger partial charge in [-0.3, -0.25) is 0 Å². The predicted molar refractivity (Wildman–Crippen MR) is 65.6 cm³/mol. The lowest BCUT2D eigenvalue weighted by atomic mass is 9.94. The zero-order valence-electron chi connectivity index (χ0n) is 10.1. The average molecular weight is 220 g/mol. The lowest BCUT2D eigenvalue weighted by Crippen LogP contribution is -2.16. The minimum absolute atomic E-state index is 0.754. The largest absolute Gasteiger partial charge is 0.380 e. The number of allylic oxidation sites excluding steroid dienone is 2. The highest BCUT2D eigenvalue weighted by molar-refractivity contribution is 5.50. The minimum atomic E-state index is 0.754. The maximum absolute atomic E-state index is 5.26. The molecule has 0 fully saturated rings. The number of aryl methyl sites for hydroxylation is 2. The number of hydrogen-bond acceptors (Lipinski definition) is 3. The van der Waals surface area contributed by atoms with E-state index in [0.717, 1.165) is 36.0 Å². The van der Waals surface area contributed by atoms with Gasteiger partial charge in [-0.15, -0.1) is 0 Å². The lowest BCUT2D eigenvalue weighted by molar-refractivity contribution is 0.383. The third kappa shape index (κ3) is 2.46. The van der Waals surface area contributed by atoms with Gasteiger partial charge in [0, 0.05) is 13.0 Å². The van der Waals surface area contributed by atoms with Crippen molar-refractivity contribution in [3.8, 4) is 0 Å². The normalized spacial score (nSPS) is 20.0. The van der Waals surface area contributed by atoms with Crippen LogP contribution in [0.4, 0.5) is 5.69 Å². The van der Waals surface area contributed by atoms with Crippen molar-refractivity contribution in [2.24, 2.45) is 5.92 Å². The van der Waals surface area contributed by atoms with E-state index in [0.29, 0.717) is 0 Å². The van der Waals surface area contributed by atoms with E-state index >= 15 is 0 Å². The van der Waals surface area contributed by atoms with E-state index in [1.165, 1.54) is 19.3 Å². The van der Waals surface area contributed by atoms with Gasteiger partial charge in [-0.2, -0.15) is 0 Å². The molecule has 1 N–H and O–H groups in total. The molecule has 1 aliphatic carbocycles. The molecule has 0 bridgehead atoms. The van der Waals surface area contributed by atoms with Gasteiger partial charge >= 0.3 is 0 Å². The van der Waals surface area contributed by atoms with Crippen LogP contribution in [0, 0.1) is 12.8 Å². The summed E-state index contributed by atoms with van der Waals surface area (Å²) in [6, 6.07) is 0. The third-order valence-electron chi connectivity index (χ3n) is 3.20. The number of anilines is 1. The summed E-state index contributed by atoms with van der Waals surface area (Å²) < 4.78 is 5.26. The number of rotatable bonds is 4. The molecule has 88 valence electrons. The Labute approximate surface area is 96.9 Å². The van der Waals surface area contributed by atoms with E-state index < -0.39 is 0 Å². The lowest BCUT2D eigenvalue weighted by Gasteiger charge is -2.18. The number of nitrogens with zero attached hydrogens (tertiary/aromatic N) is 1. The van der Waals surface area contributed by atoms with Crippen LogP contribution in [0.5, 0.6) is 0 Å². The number of hydrogen-bond donors (Lipinski definition) is 1. The highest BCUT2D eigenvalue weighted by Crippen LogP contribution is 2.23. The van der Waals surface area contributed by atoms with Crippen molar-refractivity contribution >= 4 is 5.69 Å². The summed E-state index contributed by atoms with van der Waals surface area (Å²) in [6.45, 7) is 5.11. The van der Waals surface area contributed by atoms with Crippen molar-refractivity contribution in [1.82, 2.24) is 5.16 Å². The molecular formula is C13H20N2O. The molecule has 3 heteroatoms. The van der Waals surface area contributed by atoms with E-state index in [9.17, 15) is 0 Å². The number of aromatic nitrogens is 1. The predicted octanol–water partition coefficient (Wildman–Crippen LogP) is 3.31. The maximum Gasteiger partial charge on any atom is 0.159 e. The molecule has 0 aromatic carbocycles. The van der Waals surface area contributed by atoms with Gasteiger partial charge in [0.1, 0.15) is 11.4 Å². The first kappa shape index (κ1) is 11.2. The average Bonchev–Trinajstić information content (AvgIpc) is 2.69. The molecule has 0 saturated carbocycles. The first-order valence-corrected chi connectivity index (χ1v) is 6.15. The molecule has 0 amide bonds. The van der Waals surface area contributed by atoms with Crippen LogP contribution in [-0.4, -0.2) is 11.7 Å². The topological polar surface area (TPSA) is 38.1 Å². The maximum atomic E-state index is 5.26. The van der Waals surface area contributed by atoms with Crippen molar-refractivity contribution in [3.63, 3.8) is 0 Å². The molecule has 0 unspecified atom stereocenters. The van der Waals surface area contributed by atoms with E-state index in [4.69, 9.17) is 4.52 Å². The second-order valence-corrected chi connectivity index (χ2v) is 4.45. The van der Waals surface area contributed by atoms with Gasteiger partial charge < -0.3 is 9.84 Å². The molecule has 0 radical (unpaired) electrons. The fourth-order valence-electron chi connectivity index (χ4n) is 2.17. The van der Waals surface area contributed by atoms with Crippen LogP contribution < -0.4 is 5.32 Å². The van der Waals surface area contributed by atoms with Gasteiger partial charge in [0.05, 0.1) is 0 Å². The Morgan fingerprint density at radius 2 is 2.38 bits per heavy atom. The molecule has 1 heterocycles. The summed E-state index contributed by atoms with van der Waals surface area (Å²) in [7, 11) is 0. The molecule has 0 saturated heterocycles. The van der Waals surface area contributed by atoms with Gasteiger partial charge in [-0.25, -0.2) is 0 Å². The van der Waals surface area contributed by atoms with Crippen LogP contribution in [-0.2, 0) is 6.42 Å². The molecule has 16 heavy (non-hydrogen) atoms. The van der Waals surface area contributed by atoms with Crippen molar-refractivity contribution in [3.05, 3.63) is 23.6 Å². The van der Waals surface area contributed by atoms with Crippen molar-refractivity contribution in [2.45, 2.75) is 39.5 Å². The Kier molecular flexibility index (Phi) is 3.65. The van der Waals surface area contributed by atoms with E-state index in [1.807, 2.05) is 6.92 Å². The van der Waals surface area contributed by atoms with E-state index in [2.05, 4.69) is 29.5 Å². The Hall–Kier alpha value is -1.25. The molecular weight excluding hydrogens is 200 g/mol. The molecule has 1 aliphatic rings. The van der Waals surface area contributed by atoms with Crippen LogP contribution in [0.25, 0.3) is 0 Å². The van der Waals surface area contributed by atoms with Gasteiger partial charge in [-0.1, -0.05) is 24.2 Å². The summed E-state index contributed by atoms with van der Waals surface area (Å²) in [4.78, 5) is 0. The standard InChI is InChI=1S/C13H20N2O/c1-3-12-13(10(2)15-16-12)14-9-11-7-5-4-6-8-11/h4-5,11,14H,3,6-9H2,1-2H3/t11-/m1/s1. The van der Waals surface area contributed by atoms with Crippen molar-refractivity contribution in [1.29, 1.82) is 0 Å². The fourth-order valence-corrected chi connectivity index (χ4v) is 2.17. The molecule has 0 spiro atoms. The second kappa shape index (κ2) is 5.19. The second-order valence-electron chi connectivity index (χ2n) is 4.45. The highest BCUT2D eigenvalue weighted by Gasteiger charge is 2.14. The summed E-state index contributed by atoms with van der Waals surface area (Å²) in [5, 5.41) is 7.49.